The van der Waals surface area contributed by atoms with Gasteiger partial charge >= 0.3 is 0 Å². The van der Waals surface area contributed by atoms with Gasteiger partial charge in [-0.2, -0.15) is 0 Å². The van der Waals surface area contributed by atoms with E-state index >= 15 is 0 Å². The summed E-state index contributed by atoms with van der Waals surface area (Å²) in [7, 11) is 0. The van der Waals surface area contributed by atoms with Gasteiger partial charge in [-0.15, -0.1) is 0 Å². The molecule has 0 radical (unpaired) electrons. The quantitative estimate of drug-likeness (QED) is 0.254. The second-order valence-electron chi connectivity index (χ2n) is 8.53. The Kier molecular flexibility index (Phi) is 8.41. The molecule has 3 rings (SSSR count). The molecule has 3 N–H and O–H groups in total. The molecule has 33 heavy (non-hydrogen) atoms. The molecule has 0 spiro atoms. The van der Waals surface area contributed by atoms with Gasteiger partial charge in [-0.3, -0.25) is 9.39 Å². The number of nitrogens with two attached hydrogens (primary N) is 1. The Balaban J connectivity index is 1.89. The smallest absolute Gasteiger partial charge is 0.150 e. The molecule has 0 bridgehead atoms. The Bertz CT molecular complexity index is 1160. The fourth-order valence-corrected chi connectivity index (χ4v) is 4.12. The van der Waals surface area contributed by atoms with Crippen LogP contribution in [-0.2, 0) is 0 Å². The van der Waals surface area contributed by atoms with Crippen molar-refractivity contribution in [1.29, 1.82) is 0 Å². The summed E-state index contributed by atoms with van der Waals surface area (Å²) >= 11 is 0. The summed E-state index contributed by atoms with van der Waals surface area (Å²) in [6.07, 6.45) is 19.5. The number of nitrogen functional groups attached to an aromatic ring is 1. The average Bonchev–Trinajstić information content (AvgIpc) is 3.38. The van der Waals surface area contributed by atoms with Gasteiger partial charge in [0.15, 0.2) is 0 Å². The number of hydrogen-bond donors (Lipinski definition) is 2. The van der Waals surface area contributed by atoms with Gasteiger partial charge < -0.3 is 10.7 Å². The second kappa shape index (κ2) is 11.5. The maximum atomic E-state index is 6.32. The van der Waals surface area contributed by atoms with Crippen molar-refractivity contribution in [2.45, 2.75) is 59.3 Å². The fraction of sp³-hybridized carbons (Fsp3) is 0.370. The number of anilines is 1. The lowest BCUT2D eigenvalue weighted by Gasteiger charge is -2.16. The van der Waals surface area contributed by atoms with Crippen LogP contribution in [-0.4, -0.2) is 25.6 Å². The highest BCUT2D eigenvalue weighted by Gasteiger charge is 2.21. The van der Waals surface area contributed by atoms with E-state index in [1.807, 2.05) is 43.8 Å². The number of H-pyrrole nitrogens is 1. The van der Waals surface area contributed by atoms with Crippen molar-refractivity contribution in [1.82, 2.24) is 19.4 Å². The van der Waals surface area contributed by atoms with Crippen molar-refractivity contribution in [3.05, 3.63) is 66.5 Å². The van der Waals surface area contributed by atoms with E-state index in [1.54, 1.807) is 12.3 Å². The normalized spacial score (nSPS) is 14.2. The summed E-state index contributed by atoms with van der Waals surface area (Å²) < 4.78 is 2.10. The Hall–Kier alpha value is -3.41. The van der Waals surface area contributed by atoms with Crippen LogP contribution >= 0.6 is 0 Å². The third kappa shape index (κ3) is 5.69. The molecule has 0 aromatic carbocycles. The molecule has 174 valence electrons. The van der Waals surface area contributed by atoms with E-state index in [4.69, 9.17) is 10.7 Å². The number of rotatable bonds is 11. The SMILES string of the molecule is C=C/C=C\c1[nH]c(-c2nc(C(C)CCC(CC)CC=N/C=C\C)n3ccnc(N)c23)cc1C. The first-order valence-electron chi connectivity index (χ1n) is 11.7. The van der Waals surface area contributed by atoms with Crippen molar-refractivity contribution in [2.75, 3.05) is 5.73 Å². The Morgan fingerprint density at radius 2 is 2.15 bits per heavy atom. The van der Waals surface area contributed by atoms with Crippen LogP contribution in [0.3, 0.4) is 0 Å². The van der Waals surface area contributed by atoms with Gasteiger partial charge in [0.1, 0.15) is 22.9 Å². The average molecular weight is 445 g/mol. The van der Waals surface area contributed by atoms with Crippen LogP contribution in [0.25, 0.3) is 23.0 Å². The minimum Gasteiger partial charge on any atom is -0.382 e. The summed E-state index contributed by atoms with van der Waals surface area (Å²) in [4.78, 5) is 17.2. The molecule has 0 fully saturated rings. The molecule has 3 aromatic rings. The van der Waals surface area contributed by atoms with Crippen LogP contribution in [0, 0.1) is 12.8 Å². The Labute approximate surface area is 197 Å². The zero-order valence-corrected chi connectivity index (χ0v) is 20.3. The first kappa shape index (κ1) is 24.2. The molecule has 2 atom stereocenters. The van der Waals surface area contributed by atoms with E-state index in [0.29, 0.717) is 11.7 Å². The number of aromatic amines is 1. The number of aromatic nitrogens is 4. The van der Waals surface area contributed by atoms with Crippen molar-refractivity contribution in [3.8, 4) is 11.4 Å². The van der Waals surface area contributed by atoms with Crippen molar-refractivity contribution < 1.29 is 0 Å². The number of hydrogen-bond acceptors (Lipinski definition) is 4. The zero-order valence-electron chi connectivity index (χ0n) is 20.3. The predicted octanol–water partition coefficient (Wildman–Crippen LogP) is 6.72. The van der Waals surface area contributed by atoms with Gasteiger partial charge in [0, 0.05) is 36.4 Å². The van der Waals surface area contributed by atoms with Gasteiger partial charge in [0.25, 0.3) is 0 Å². The van der Waals surface area contributed by atoms with Crippen molar-refractivity contribution in [2.24, 2.45) is 10.9 Å². The highest BCUT2D eigenvalue weighted by atomic mass is 15.1. The van der Waals surface area contributed by atoms with Crippen LogP contribution in [0.5, 0.6) is 0 Å². The molecule has 0 saturated heterocycles. The maximum absolute atomic E-state index is 6.32. The summed E-state index contributed by atoms with van der Waals surface area (Å²) in [5, 5.41) is 0. The number of nitrogens with one attached hydrogen (secondary N) is 1. The molecule has 2 unspecified atom stereocenters. The molecular formula is C27H36N6. The van der Waals surface area contributed by atoms with Crippen LogP contribution in [0.4, 0.5) is 5.82 Å². The summed E-state index contributed by atoms with van der Waals surface area (Å²) in [5.41, 5.74) is 11.1. The summed E-state index contributed by atoms with van der Waals surface area (Å²) in [6.45, 7) is 12.3. The number of aryl methyl sites for hydroxylation is 1. The maximum Gasteiger partial charge on any atom is 0.150 e. The van der Waals surface area contributed by atoms with Crippen LogP contribution in [0.2, 0.25) is 0 Å². The van der Waals surface area contributed by atoms with E-state index in [0.717, 1.165) is 59.7 Å². The predicted molar refractivity (Wildman–Crippen MR) is 141 cm³/mol. The van der Waals surface area contributed by atoms with Crippen LogP contribution in [0.15, 0.2) is 54.5 Å². The minimum absolute atomic E-state index is 0.283. The van der Waals surface area contributed by atoms with Gasteiger partial charge in [-0.05, 0) is 56.7 Å². The number of nitrogens with zero attached hydrogens (tertiary/aromatic N) is 4. The molecule has 0 aliphatic carbocycles. The largest absolute Gasteiger partial charge is 0.382 e. The first-order chi connectivity index (χ1) is 16.0. The third-order valence-electron chi connectivity index (χ3n) is 6.12. The van der Waals surface area contributed by atoms with Gasteiger partial charge in [0.2, 0.25) is 0 Å². The number of allylic oxidation sites excluding steroid dienone is 3. The van der Waals surface area contributed by atoms with Crippen LogP contribution < -0.4 is 5.73 Å². The Morgan fingerprint density at radius 1 is 1.33 bits per heavy atom. The highest BCUT2D eigenvalue weighted by molar-refractivity contribution is 5.85. The van der Waals surface area contributed by atoms with Gasteiger partial charge in [-0.25, -0.2) is 9.97 Å². The van der Waals surface area contributed by atoms with Crippen molar-refractivity contribution in [3.63, 3.8) is 0 Å². The molecule has 0 aliphatic heterocycles. The lowest BCUT2D eigenvalue weighted by molar-refractivity contribution is 0.444. The fourth-order valence-electron chi connectivity index (χ4n) is 4.12. The number of fused-ring (bicyclic) bond motifs is 1. The van der Waals surface area contributed by atoms with Gasteiger partial charge in [0.05, 0.1) is 5.69 Å². The highest BCUT2D eigenvalue weighted by Crippen LogP contribution is 2.33. The number of imidazole rings is 1. The molecule has 0 aliphatic rings. The van der Waals surface area contributed by atoms with E-state index in [9.17, 15) is 0 Å². The first-order valence-corrected chi connectivity index (χ1v) is 11.7. The standard InChI is InChI=1S/C27H36N6/c1-6-9-10-22-20(5)18-23(31-22)24-25-26(28)30-16-17-33(25)27(32-24)19(4)11-12-21(8-3)13-15-29-14-7-2/h6-7,9-10,14-19,21,31H,1,8,11-13H2,2-5H3,(H2,28,30)/b10-9-,14-7-,29-15?. The molecule has 3 aromatic heterocycles. The lowest BCUT2D eigenvalue weighted by Crippen LogP contribution is -2.06. The summed E-state index contributed by atoms with van der Waals surface area (Å²) in [5.74, 6) is 2.40. The number of aliphatic imine (C=N–C) groups is 1. The third-order valence-corrected chi connectivity index (χ3v) is 6.12. The molecule has 0 amide bonds. The molecule has 3 heterocycles. The zero-order chi connectivity index (χ0) is 23.8. The molecule has 0 saturated carbocycles. The van der Waals surface area contributed by atoms with Crippen LogP contribution in [0.1, 0.15) is 69.5 Å². The van der Waals surface area contributed by atoms with E-state index < -0.39 is 0 Å². The molecule has 6 heteroatoms. The molecule has 6 nitrogen and oxygen atoms in total. The van der Waals surface area contributed by atoms with E-state index in [1.165, 1.54) is 0 Å². The van der Waals surface area contributed by atoms with Gasteiger partial charge in [-0.1, -0.05) is 45.1 Å². The second-order valence-corrected chi connectivity index (χ2v) is 8.53. The molecular weight excluding hydrogens is 408 g/mol. The van der Waals surface area contributed by atoms with E-state index in [-0.39, 0.29) is 5.92 Å². The van der Waals surface area contributed by atoms with E-state index in [2.05, 4.69) is 52.8 Å². The Morgan fingerprint density at radius 3 is 2.88 bits per heavy atom. The monoisotopic (exact) mass is 444 g/mol. The summed E-state index contributed by atoms with van der Waals surface area (Å²) in [6, 6.07) is 2.11. The lowest BCUT2D eigenvalue weighted by atomic mass is 9.92. The van der Waals surface area contributed by atoms with Crippen molar-refractivity contribution >= 4 is 23.6 Å². The topological polar surface area (TPSA) is 84.4 Å². The minimum atomic E-state index is 0.283.